The van der Waals surface area contributed by atoms with Crippen molar-refractivity contribution in [1.82, 2.24) is 0 Å². The van der Waals surface area contributed by atoms with Crippen LogP contribution in [-0.2, 0) is 0 Å². The molecule has 0 saturated heterocycles. The van der Waals surface area contributed by atoms with E-state index in [0.717, 1.165) is 12.1 Å². The third-order valence-corrected chi connectivity index (χ3v) is 2.27. The van der Waals surface area contributed by atoms with Gasteiger partial charge in [-0.25, -0.2) is 8.78 Å². The fourth-order valence-electron chi connectivity index (χ4n) is 0.840. The number of alkyl halides is 3. The van der Waals surface area contributed by atoms with Gasteiger partial charge in [0.2, 0.25) is 0 Å². The Hall–Kier alpha value is -0.780. The summed E-state index contributed by atoms with van der Waals surface area (Å²) in [6.07, 6.45) is 0. The van der Waals surface area contributed by atoms with Crippen molar-refractivity contribution in [2.24, 2.45) is 0 Å². The van der Waals surface area contributed by atoms with E-state index in [-0.39, 0.29) is 5.56 Å². The average molecular weight is 228 g/mol. The first-order valence-corrected chi connectivity index (χ1v) is 4.33. The molecule has 0 radical (unpaired) electrons. The molecule has 0 aromatic heterocycles. The van der Waals surface area contributed by atoms with Gasteiger partial charge in [-0.05, 0) is 30.3 Å². The molecule has 0 atom stereocenters. The molecule has 0 fully saturated rings. The van der Waals surface area contributed by atoms with Gasteiger partial charge in [-0.15, -0.1) is 0 Å². The molecular formula is C8H5F5S. The van der Waals surface area contributed by atoms with Crippen molar-refractivity contribution in [3.05, 3.63) is 29.3 Å². The molecule has 0 heterocycles. The highest BCUT2D eigenvalue weighted by molar-refractivity contribution is 8.00. The van der Waals surface area contributed by atoms with Crippen LogP contribution in [0.25, 0.3) is 0 Å². The molecule has 0 spiro atoms. The van der Waals surface area contributed by atoms with Crippen molar-refractivity contribution in [3.8, 4) is 0 Å². The summed E-state index contributed by atoms with van der Waals surface area (Å²) in [5.74, 6) is -2.36. The fourth-order valence-corrected chi connectivity index (χ4v) is 1.49. The van der Waals surface area contributed by atoms with Crippen LogP contribution in [0.5, 0.6) is 0 Å². The van der Waals surface area contributed by atoms with E-state index >= 15 is 0 Å². The topological polar surface area (TPSA) is 0 Å². The molecular weight excluding hydrogens is 223 g/mol. The molecule has 6 heteroatoms. The first-order chi connectivity index (χ1) is 6.31. The summed E-state index contributed by atoms with van der Waals surface area (Å²) >= 11 is -0.782. The Labute approximate surface area is 81.1 Å². The van der Waals surface area contributed by atoms with Gasteiger partial charge in [0, 0.05) is 0 Å². The quantitative estimate of drug-likeness (QED) is 0.519. The van der Waals surface area contributed by atoms with Crippen molar-refractivity contribution in [3.63, 3.8) is 0 Å². The predicted octanol–water partition coefficient (Wildman–Crippen LogP) is 3.89. The van der Waals surface area contributed by atoms with Gasteiger partial charge >= 0.3 is 5.51 Å². The monoisotopic (exact) mass is 228 g/mol. The number of hydrogen-bond donors (Lipinski definition) is 0. The van der Waals surface area contributed by atoms with Crippen LogP contribution in [0.3, 0.4) is 0 Å². The third-order valence-electron chi connectivity index (χ3n) is 1.46. The standard InChI is InChI=1S/C8H5F5S/c1-4-2-3-5(9)7(6(4)10)14-8(11,12)13/h2-3H,1H3. The summed E-state index contributed by atoms with van der Waals surface area (Å²) in [5.41, 5.74) is -4.70. The van der Waals surface area contributed by atoms with E-state index in [4.69, 9.17) is 0 Å². The molecule has 0 nitrogen and oxygen atoms in total. The summed E-state index contributed by atoms with van der Waals surface area (Å²) in [6.45, 7) is 1.27. The normalized spacial score (nSPS) is 11.9. The second-order valence-corrected chi connectivity index (χ2v) is 3.63. The van der Waals surface area contributed by atoms with Crippen LogP contribution in [-0.4, -0.2) is 5.51 Å². The maximum atomic E-state index is 13.0. The summed E-state index contributed by atoms with van der Waals surface area (Å²) in [6, 6.07) is 1.90. The maximum absolute atomic E-state index is 13.0. The number of aryl methyl sites for hydroxylation is 1. The molecule has 0 unspecified atom stereocenters. The maximum Gasteiger partial charge on any atom is 0.446 e. The summed E-state index contributed by atoms with van der Waals surface area (Å²) < 4.78 is 61.4. The molecule has 0 N–H and O–H groups in total. The van der Waals surface area contributed by atoms with E-state index in [1.807, 2.05) is 0 Å². The van der Waals surface area contributed by atoms with Crippen molar-refractivity contribution in [2.75, 3.05) is 0 Å². The molecule has 0 amide bonds. The minimum atomic E-state index is -4.69. The lowest BCUT2D eigenvalue weighted by molar-refractivity contribution is -0.0330. The molecule has 0 bridgehead atoms. The van der Waals surface area contributed by atoms with Crippen molar-refractivity contribution in [2.45, 2.75) is 17.3 Å². The Morgan fingerprint density at radius 2 is 1.71 bits per heavy atom. The van der Waals surface area contributed by atoms with Crippen molar-refractivity contribution in [1.29, 1.82) is 0 Å². The Morgan fingerprint density at radius 3 is 2.21 bits per heavy atom. The van der Waals surface area contributed by atoms with E-state index in [1.54, 1.807) is 0 Å². The number of hydrogen-bond acceptors (Lipinski definition) is 1. The summed E-state index contributed by atoms with van der Waals surface area (Å²) in [5, 5.41) is 0. The minimum absolute atomic E-state index is 0.0156. The van der Waals surface area contributed by atoms with Gasteiger partial charge in [0.1, 0.15) is 11.6 Å². The number of benzene rings is 1. The highest BCUT2D eigenvalue weighted by atomic mass is 32.2. The van der Waals surface area contributed by atoms with Crippen LogP contribution in [0.15, 0.2) is 17.0 Å². The second kappa shape index (κ2) is 3.76. The second-order valence-electron chi connectivity index (χ2n) is 2.56. The lowest BCUT2D eigenvalue weighted by Gasteiger charge is -2.08. The molecule has 1 aromatic carbocycles. The summed E-state index contributed by atoms with van der Waals surface area (Å²) in [4.78, 5) is -1.00. The lowest BCUT2D eigenvalue weighted by Crippen LogP contribution is -2.03. The highest BCUT2D eigenvalue weighted by Crippen LogP contribution is 2.39. The van der Waals surface area contributed by atoms with Gasteiger partial charge in [-0.2, -0.15) is 13.2 Å². The first-order valence-electron chi connectivity index (χ1n) is 3.51. The highest BCUT2D eigenvalue weighted by Gasteiger charge is 2.32. The van der Waals surface area contributed by atoms with E-state index < -0.39 is 33.8 Å². The molecule has 1 aromatic rings. The Morgan fingerprint density at radius 1 is 1.14 bits per heavy atom. The third kappa shape index (κ3) is 2.60. The van der Waals surface area contributed by atoms with Gasteiger partial charge in [-0.3, -0.25) is 0 Å². The van der Waals surface area contributed by atoms with Gasteiger partial charge in [-0.1, -0.05) is 6.07 Å². The van der Waals surface area contributed by atoms with Crippen LogP contribution >= 0.6 is 11.8 Å². The number of thioether (sulfide) groups is 1. The Balaban J connectivity index is 3.13. The molecule has 0 aliphatic carbocycles. The molecule has 0 saturated carbocycles. The van der Waals surface area contributed by atoms with Crippen molar-refractivity contribution < 1.29 is 22.0 Å². The Bertz CT molecular complexity index is 344. The lowest BCUT2D eigenvalue weighted by atomic mass is 10.2. The first kappa shape index (κ1) is 11.3. The SMILES string of the molecule is Cc1ccc(F)c(SC(F)(F)F)c1F. The smallest absolute Gasteiger partial charge is 0.206 e. The minimum Gasteiger partial charge on any atom is -0.206 e. The van der Waals surface area contributed by atoms with Crippen LogP contribution in [0.2, 0.25) is 0 Å². The van der Waals surface area contributed by atoms with Crippen molar-refractivity contribution >= 4 is 11.8 Å². The van der Waals surface area contributed by atoms with E-state index in [9.17, 15) is 22.0 Å². The number of halogens is 5. The van der Waals surface area contributed by atoms with E-state index in [0.29, 0.717) is 0 Å². The molecule has 14 heavy (non-hydrogen) atoms. The van der Waals surface area contributed by atoms with Gasteiger partial charge in [0.05, 0.1) is 4.90 Å². The zero-order chi connectivity index (χ0) is 10.9. The summed E-state index contributed by atoms with van der Waals surface area (Å²) in [7, 11) is 0. The van der Waals surface area contributed by atoms with Gasteiger partial charge < -0.3 is 0 Å². The average Bonchev–Trinajstić information content (AvgIpc) is 2.04. The largest absolute Gasteiger partial charge is 0.446 e. The molecule has 78 valence electrons. The van der Waals surface area contributed by atoms with Gasteiger partial charge in [0.15, 0.2) is 0 Å². The molecule has 0 aliphatic heterocycles. The van der Waals surface area contributed by atoms with E-state index in [1.165, 1.54) is 6.92 Å². The Kier molecular flexibility index (Phi) is 3.04. The predicted molar refractivity (Wildman–Crippen MR) is 43.0 cm³/mol. The van der Waals surface area contributed by atoms with Crippen LogP contribution < -0.4 is 0 Å². The van der Waals surface area contributed by atoms with Crippen LogP contribution in [0.4, 0.5) is 22.0 Å². The zero-order valence-corrected chi connectivity index (χ0v) is 7.77. The molecule has 0 aliphatic rings. The fraction of sp³-hybridized carbons (Fsp3) is 0.250. The molecule has 1 rings (SSSR count). The van der Waals surface area contributed by atoms with Crippen LogP contribution in [0.1, 0.15) is 5.56 Å². The van der Waals surface area contributed by atoms with Gasteiger partial charge in [0.25, 0.3) is 0 Å². The number of rotatable bonds is 1. The zero-order valence-electron chi connectivity index (χ0n) is 6.95. The van der Waals surface area contributed by atoms with Crippen LogP contribution in [0, 0.1) is 18.6 Å². The van der Waals surface area contributed by atoms with E-state index in [2.05, 4.69) is 0 Å².